The molecule has 280 valence electrons. The Balaban J connectivity index is 1.17. The fourth-order valence-electron chi connectivity index (χ4n) is 5.39. The number of amides is 2. The lowest BCUT2D eigenvalue weighted by molar-refractivity contribution is 0.262. The van der Waals surface area contributed by atoms with Crippen LogP contribution >= 0.6 is 0 Å². The van der Waals surface area contributed by atoms with Gasteiger partial charge in [0.15, 0.2) is 0 Å². The summed E-state index contributed by atoms with van der Waals surface area (Å²) in [4.78, 5) is 11.1. The van der Waals surface area contributed by atoms with Gasteiger partial charge < -0.3 is 20.8 Å². The lowest BCUT2D eigenvalue weighted by Crippen LogP contribution is -2.20. The van der Waals surface area contributed by atoms with Crippen molar-refractivity contribution in [3.63, 3.8) is 0 Å². The minimum absolute atomic E-state index is 0.00418. The number of benzene rings is 6. The maximum Gasteiger partial charge on any atom is 0.323 e. The van der Waals surface area contributed by atoms with Gasteiger partial charge in [-0.1, -0.05) is 12.1 Å². The fourth-order valence-corrected chi connectivity index (χ4v) is 8.96. The number of anilines is 4. The molecule has 6 aromatic carbocycles. The Labute approximate surface area is 307 Å². The van der Waals surface area contributed by atoms with Crippen molar-refractivity contribution in [1.82, 2.24) is 0 Å². The third-order valence-corrected chi connectivity index (χ3v) is 12.4. The van der Waals surface area contributed by atoms with Gasteiger partial charge in [0, 0.05) is 44.3 Å². The van der Waals surface area contributed by atoms with E-state index >= 15 is 0 Å². The average molecular weight is 815 g/mol. The second-order valence-corrected chi connectivity index (χ2v) is 17.6. The number of phenols is 2. The van der Waals surface area contributed by atoms with Crippen LogP contribution in [-0.4, -0.2) is 59.0 Å². The molecule has 2 amide bonds. The van der Waals surface area contributed by atoms with Crippen molar-refractivity contribution in [2.75, 3.05) is 20.1 Å². The predicted octanol–water partition coefficient (Wildman–Crippen LogP) is 5.14. The van der Waals surface area contributed by atoms with Gasteiger partial charge in [0.2, 0.25) is 0 Å². The van der Waals surface area contributed by atoms with Gasteiger partial charge in [-0.2, -0.15) is 16.8 Å². The number of hydrogen-bond acceptors (Lipinski definition) is 11. The maximum absolute atomic E-state index is 13.2. The summed E-state index contributed by atoms with van der Waals surface area (Å²) in [6, 6.07) is 20.5. The summed E-state index contributed by atoms with van der Waals surface area (Å²) >= 11 is 0. The topological polar surface area (TPSA) is 283 Å². The van der Waals surface area contributed by atoms with E-state index in [1.54, 1.807) is 0 Å². The Bertz CT molecular complexity index is 2770. The number of fused-ring (bicyclic) bond motifs is 2. The number of urea groups is 1. The number of nitrogens with one attached hydrogen (secondary N) is 4. The molecule has 0 saturated carbocycles. The van der Waals surface area contributed by atoms with E-state index in [9.17, 15) is 57.8 Å². The normalized spacial score (nSPS) is 12.3. The highest BCUT2D eigenvalue weighted by molar-refractivity contribution is 7.93. The zero-order valence-corrected chi connectivity index (χ0v) is 30.3. The highest BCUT2D eigenvalue weighted by Gasteiger charge is 2.21. The minimum Gasteiger partial charge on any atom is -0.507 e. The number of hydrogen-bond donors (Lipinski definition) is 8. The van der Waals surface area contributed by atoms with Crippen molar-refractivity contribution in [2.45, 2.75) is 19.6 Å². The first kappa shape index (κ1) is 37.8. The van der Waals surface area contributed by atoms with Crippen LogP contribution in [0, 0.1) is 0 Å². The molecule has 21 heteroatoms. The molecule has 54 heavy (non-hydrogen) atoms. The molecule has 0 heterocycles. The van der Waals surface area contributed by atoms with Gasteiger partial charge in [0.05, 0.1) is 9.79 Å². The van der Waals surface area contributed by atoms with Gasteiger partial charge in [-0.3, -0.25) is 18.5 Å². The van der Waals surface area contributed by atoms with Crippen LogP contribution in [0.2, 0.25) is 0 Å². The summed E-state index contributed by atoms with van der Waals surface area (Å²) < 4.78 is 124. The molecule has 0 atom stereocenters. The average Bonchev–Trinajstić information content (AvgIpc) is 3.07. The first-order valence-electron chi connectivity index (χ1n) is 15.0. The predicted molar refractivity (Wildman–Crippen MR) is 198 cm³/mol. The summed E-state index contributed by atoms with van der Waals surface area (Å²) in [5.74, 6) is -0.617. The second kappa shape index (κ2) is 13.8. The molecule has 0 saturated heterocycles. The monoisotopic (exact) mass is 814 g/mol. The van der Waals surface area contributed by atoms with Crippen molar-refractivity contribution in [3.8, 4) is 11.5 Å². The molecule has 0 radical (unpaired) electrons. The van der Waals surface area contributed by atoms with Gasteiger partial charge in [-0.05, 0) is 97.1 Å². The molecule has 0 unspecified atom stereocenters. The second-order valence-electron chi connectivity index (χ2n) is 11.5. The smallest absolute Gasteiger partial charge is 0.323 e. The first-order chi connectivity index (χ1) is 25.2. The van der Waals surface area contributed by atoms with Crippen molar-refractivity contribution in [2.24, 2.45) is 0 Å². The molecule has 0 bridgehead atoms. The molecule has 0 spiro atoms. The molecule has 0 aliphatic rings. The first-order valence-corrected chi connectivity index (χ1v) is 20.9. The molecule has 6 aromatic rings. The third-order valence-electron chi connectivity index (χ3n) is 7.77. The zero-order valence-electron chi connectivity index (χ0n) is 27.0. The molecular formula is C33H26N4O13S4. The molecular weight excluding hydrogens is 789 g/mol. The summed E-state index contributed by atoms with van der Waals surface area (Å²) in [5.41, 5.74) is -0.212. The van der Waals surface area contributed by atoms with E-state index in [2.05, 4.69) is 20.1 Å². The highest BCUT2D eigenvalue weighted by Crippen LogP contribution is 2.34. The molecule has 0 aromatic heterocycles. The van der Waals surface area contributed by atoms with E-state index in [-0.39, 0.29) is 65.6 Å². The number of aromatic hydroxyl groups is 2. The largest absolute Gasteiger partial charge is 0.507 e. The van der Waals surface area contributed by atoms with Crippen LogP contribution in [0.3, 0.4) is 0 Å². The van der Waals surface area contributed by atoms with Crippen LogP contribution < -0.4 is 20.1 Å². The minimum atomic E-state index is -4.73. The SMILES string of the molecule is O=C(Nc1cccc(S(=O)(=O)Nc2ccc3c(O)ccc(S(=O)(=O)O)c3c2)c1)Nc1cccc(S(=O)(=O)Nc2ccc3c(O)ccc(S(=O)(=O)O)c3c2)c1. The van der Waals surface area contributed by atoms with Gasteiger partial charge in [0.1, 0.15) is 21.3 Å². The number of sulfonamides is 2. The molecule has 17 nitrogen and oxygen atoms in total. The van der Waals surface area contributed by atoms with Gasteiger partial charge in [-0.15, -0.1) is 0 Å². The third kappa shape index (κ3) is 8.00. The molecule has 6 rings (SSSR count). The number of carbonyl (C=O) groups excluding carboxylic acids is 1. The summed E-state index contributed by atoms with van der Waals surface area (Å²) in [6.07, 6.45) is 0. The summed E-state index contributed by atoms with van der Waals surface area (Å²) in [7, 11) is -18.2. The Morgan fingerprint density at radius 3 is 1.20 bits per heavy atom. The van der Waals surface area contributed by atoms with Crippen LogP contribution in [-0.2, 0) is 40.3 Å². The van der Waals surface area contributed by atoms with Gasteiger partial charge in [-0.25, -0.2) is 21.6 Å². The van der Waals surface area contributed by atoms with E-state index in [1.807, 2.05) is 0 Å². The quantitative estimate of drug-likeness (QED) is 0.0833. The summed E-state index contributed by atoms with van der Waals surface area (Å²) in [6.45, 7) is 0. The molecule has 8 N–H and O–H groups in total. The fraction of sp³-hybridized carbons (Fsp3) is 0. The van der Waals surface area contributed by atoms with Crippen LogP contribution in [0.5, 0.6) is 11.5 Å². The van der Waals surface area contributed by atoms with Crippen LogP contribution in [0.4, 0.5) is 27.5 Å². The molecule has 0 aliphatic carbocycles. The standard InChI is InChI=1S/C33H26N4O13S4/c38-29-11-13-31(53(45,46)47)27-17-21(7-9-25(27)29)36-51(41,42)23-5-1-3-19(15-23)34-33(40)35-20-4-2-6-24(16-20)52(43,44)37-22-8-10-26-28(18-22)32(54(48,49)50)14-12-30(26)39/h1-18,36-39H,(H2,34,35,40)(H,45,46,47)(H,48,49,50). The maximum atomic E-state index is 13.2. The Morgan fingerprint density at radius 2 is 0.833 bits per heavy atom. The highest BCUT2D eigenvalue weighted by atomic mass is 32.2. The number of rotatable bonds is 10. The summed E-state index contributed by atoms with van der Waals surface area (Å²) in [5, 5.41) is 24.9. The Hall–Kier alpha value is -5.97. The van der Waals surface area contributed by atoms with Crippen molar-refractivity contribution >= 4 is 90.6 Å². The Morgan fingerprint density at radius 1 is 0.444 bits per heavy atom. The zero-order chi connectivity index (χ0) is 39.2. The molecule has 0 fully saturated rings. The van der Waals surface area contributed by atoms with Crippen LogP contribution in [0.1, 0.15) is 0 Å². The van der Waals surface area contributed by atoms with E-state index in [0.29, 0.717) is 0 Å². The van der Waals surface area contributed by atoms with Gasteiger partial charge >= 0.3 is 6.03 Å². The van der Waals surface area contributed by atoms with Crippen molar-refractivity contribution in [3.05, 3.63) is 109 Å². The van der Waals surface area contributed by atoms with E-state index < -0.39 is 56.1 Å². The van der Waals surface area contributed by atoms with Crippen molar-refractivity contribution in [1.29, 1.82) is 0 Å². The van der Waals surface area contributed by atoms with Crippen LogP contribution in [0.25, 0.3) is 21.5 Å². The van der Waals surface area contributed by atoms with E-state index in [0.717, 1.165) is 48.5 Å². The van der Waals surface area contributed by atoms with Gasteiger partial charge in [0.25, 0.3) is 40.3 Å². The van der Waals surface area contributed by atoms with Crippen LogP contribution in [0.15, 0.2) is 129 Å². The van der Waals surface area contributed by atoms with Crippen molar-refractivity contribution < 1.29 is 57.8 Å². The number of carbonyl (C=O) groups is 1. The van der Waals surface area contributed by atoms with E-state index in [1.165, 1.54) is 60.7 Å². The number of phenolic OH excluding ortho intramolecular Hbond substituents is 2. The van der Waals surface area contributed by atoms with E-state index in [4.69, 9.17) is 0 Å². The lowest BCUT2D eigenvalue weighted by Gasteiger charge is -2.13. The lowest BCUT2D eigenvalue weighted by atomic mass is 10.1. The Kier molecular flexibility index (Phi) is 9.64. The molecule has 0 aliphatic heterocycles.